The predicted molar refractivity (Wildman–Crippen MR) is 111 cm³/mol. The Balaban J connectivity index is 1.23. The van der Waals surface area contributed by atoms with Crippen LogP contribution in [0.5, 0.6) is 0 Å². The van der Waals surface area contributed by atoms with Crippen molar-refractivity contribution in [3.63, 3.8) is 0 Å². The van der Waals surface area contributed by atoms with E-state index in [0.29, 0.717) is 41.1 Å². The number of halogens is 3. The first-order valence-electron chi connectivity index (χ1n) is 11.6. The average Bonchev–Trinajstić information content (AvgIpc) is 3.69. The molecule has 2 aromatic heterocycles. The highest BCUT2D eigenvalue weighted by molar-refractivity contribution is 5.63. The lowest BCUT2D eigenvalue weighted by Crippen LogP contribution is -2.39. The van der Waals surface area contributed by atoms with Crippen LogP contribution in [0.15, 0.2) is 18.5 Å². The van der Waals surface area contributed by atoms with Gasteiger partial charge < -0.3 is 15.0 Å². The monoisotopic (exact) mass is 445 g/mol. The first-order chi connectivity index (χ1) is 15.4. The number of anilines is 1. The number of rotatable bonds is 5. The highest BCUT2D eigenvalue weighted by atomic mass is 19.4. The van der Waals surface area contributed by atoms with Crippen LogP contribution in [0.2, 0.25) is 0 Å². The van der Waals surface area contributed by atoms with Crippen LogP contribution in [0.25, 0.3) is 11.3 Å². The summed E-state index contributed by atoms with van der Waals surface area (Å²) in [5.41, 5.74) is 5.68. The number of imidazole rings is 1. The van der Waals surface area contributed by atoms with Crippen LogP contribution in [0, 0.1) is 17.8 Å². The van der Waals surface area contributed by atoms with E-state index in [4.69, 9.17) is 15.5 Å². The molecule has 0 aromatic carbocycles. The molecule has 170 valence electrons. The largest absolute Gasteiger partial charge is 0.419 e. The molecule has 8 rings (SSSR count). The van der Waals surface area contributed by atoms with Crippen molar-refractivity contribution in [2.24, 2.45) is 17.8 Å². The van der Waals surface area contributed by atoms with Gasteiger partial charge in [-0.2, -0.15) is 13.2 Å². The molecule has 4 atom stereocenters. The molecule has 6 fully saturated rings. The lowest BCUT2D eigenvalue weighted by molar-refractivity contribution is -0.137. The van der Waals surface area contributed by atoms with Gasteiger partial charge in [0.2, 0.25) is 0 Å². The number of fused-ring (bicyclic) bond motifs is 1. The molecule has 3 saturated carbocycles. The van der Waals surface area contributed by atoms with Crippen LogP contribution in [-0.2, 0) is 22.9 Å². The third kappa shape index (κ3) is 2.61. The fourth-order valence-corrected chi connectivity index (χ4v) is 6.63. The van der Waals surface area contributed by atoms with Gasteiger partial charge in [0.05, 0.1) is 16.8 Å². The van der Waals surface area contributed by atoms with Crippen molar-refractivity contribution in [1.29, 1.82) is 0 Å². The SMILES string of the molecule is Nc1ncc(-c2cn([C@]34C5[C@@H]3[C@@H]4CN5C3CCOCC3)c(CC3CC3)n2)cc1C(F)(F)F. The van der Waals surface area contributed by atoms with Crippen molar-refractivity contribution in [3.05, 3.63) is 29.8 Å². The van der Waals surface area contributed by atoms with E-state index in [1.165, 1.54) is 19.0 Å². The smallest absolute Gasteiger partial charge is 0.383 e. The highest BCUT2D eigenvalue weighted by Gasteiger charge is 2.94. The van der Waals surface area contributed by atoms with Gasteiger partial charge in [-0.1, -0.05) is 0 Å². The summed E-state index contributed by atoms with van der Waals surface area (Å²) in [4.78, 5) is 11.4. The molecule has 0 amide bonds. The third-order valence-electron chi connectivity index (χ3n) is 8.47. The number of pyridine rings is 1. The van der Waals surface area contributed by atoms with E-state index >= 15 is 0 Å². The first-order valence-corrected chi connectivity index (χ1v) is 11.6. The van der Waals surface area contributed by atoms with Gasteiger partial charge in [0, 0.05) is 68.1 Å². The Bertz CT molecular complexity index is 1080. The average molecular weight is 445 g/mol. The normalized spacial score (nSPS) is 34.0. The second kappa shape index (κ2) is 6.26. The van der Waals surface area contributed by atoms with E-state index in [9.17, 15) is 13.2 Å². The van der Waals surface area contributed by atoms with Crippen LogP contribution in [-0.4, -0.2) is 51.3 Å². The van der Waals surface area contributed by atoms with Gasteiger partial charge in [-0.3, -0.25) is 4.90 Å². The molecule has 1 unspecified atom stereocenters. The van der Waals surface area contributed by atoms with Crippen molar-refractivity contribution in [2.75, 3.05) is 25.5 Å². The zero-order valence-electron chi connectivity index (χ0n) is 17.7. The number of hydrogen-bond donors (Lipinski definition) is 1. The predicted octanol–water partition coefficient (Wildman–Crippen LogP) is 3.32. The van der Waals surface area contributed by atoms with Crippen molar-refractivity contribution in [3.8, 4) is 11.3 Å². The Labute approximate surface area is 184 Å². The van der Waals surface area contributed by atoms with E-state index in [-0.39, 0.29) is 5.54 Å². The molecule has 6 nitrogen and oxygen atoms in total. The van der Waals surface area contributed by atoms with Gasteiger partial charge in [0.25, 0.3) is 0 Å². The van der Waals surface area contributed by atoms with Crippen LogP contribution >= 0.6 is 0 Å². The van der Waals surface area contributed by atoms with E-state index in [1.54, 1.807) is 0 Å². The maximum absolute atomic E-state index is 13.4. The van der Waals surface area contributed by atoms with E-state index < -0.39 is 17.6 Å². The molecule has 3 saturated heterocycles. The zero-order chi connectivity index (χ0) is 21.8. The molecule has 6 aliphatic rings. The van der Waals surface area contributed by atoms with Crippen LogP contribution in [0.1, 0.15) is 37.1 Å². The number of nitrogen functional groups attached to an aromatic ring is 1. The van der Waals surface area contributed by atoms with E-state index in [1.807, 2.05) is 6.20 Å². The summed E-state index contributed by atoms with van der Waals surface area (Å²) < 4.78 is 48.1. The van der Waals surface area contributed by atoms with Crippen LogP contribution < -0.4 is 5.73 Å². The lowest BCUT2D eigenvalue weighted by atomic mass is 10.1. The Kier molecular flexibility index (Phi) is 3.78. The molecule has 32 heavy (non-hydrogen) atoms. The molecule has 0 radical (unpaired) electrons. The summed E-state index contributed by atoms with van der Waals surface area (Å²) in [5.74, 6) is 2.49. The fourth-order valence-electron chi connectivity index (χ4n) is 6.63. The number of ether oxygens (including phenoxy) is 1. The fraction of sp³-hybridized carbons (Fsp3) is 0.652. The molecule has 2 N–H and O–H groups in total. The van der Waals surface area contributed by atoms with Gasteiger partial charge >= 0.3 is 6.18 Å². The number of nitrogens with two attached hydrogens (primary N) is 1. The van der Waals surface area contributed by atoms with Gasteiger partial charge in [-0.25, -0.2) is 9.97 Å². The maximum atomic E-state index is 13.4. The second-order valence-corrected chi connectivity index (χ2v) is 10.2. The molecule has 2 aromatic rings. The first kappa shape index (κ1) is 19.3. The molecular formula is C23H26F3N5O. The highest BCUT2D eigenvalue weighted by Crippen LogP contribution is 2.84. The summed E-state index contributed by atoms with van der Waals surface area (Å²) in [5, 5.41) is 0. The molecule has 5 heterocycles. The number of nitrogens with zero attached hydrogens (tertiary/aromatic N) is 4. The molecule has 0 spiro atoms. The minimum absolute atomic E-state index is 0.113. The number of alkyl halides is 3. The Morgan fingerprint density at radius 1 is 1.19 bits per heavy atom. The number of hydrogen-bond acceptors (Lipinski definition) is 5. The zero-order valence-corrected chi connectivity index (χ0v) is 17.7. The topological polar surface area (TPSA) is 69.2 Å². The Hall–Kier alpha value is -2.13. The summed E-state index contributed by atoms with van der Waals surface area (Å²) in [6, 6.07) is 2.23. The Morgan fingerprint density at radius 2 is 1.97 bits per heavy atom. The second-order valence-electron chi connectivity index (χ2n) is 10.2. The number of piperidine rings is 1. The quantitative estimate of drug-likeness (QED) is 0.765. The van der Waals surface area contributed by atoms with Crippen molar-refractivity contribution >= 4 is 5.82 Å². The molecular weight excluding hydrogens is 419 g/mol. The minimum atomic E-state index is -4.54. The third-order valence-corrected chi connectivity index (χ3v) is 8.47. The van der Waals surface area contributed by atoms with Gasteiger partial charge in [0.15, 0.2) is 0 Å². The maximum Gasteiger partial charge on any atom is 0.419 e. The van der Waals surface area contributed by atoms with Crippen LogP contribution in [0.3, 0.4) is 0 Å². The summed E-state index contributed by atoms with van der Waals surface area (Å²) in [6.45, 7) is 2.80. The molecule has 3 aliphatic carbocycles. The van der Waals surface area contributed by atoms with E-state index in [2.05, 4.69) is 14.5 Å². The van der Waals surface area contributed by atoms with Crippen molar-refractivity contribution in [2.45, 2.75) is 55.9 Å². The van der Waals surface area contributed by atoms with Gasteiger partial charge in [-0.15, -0.1) is 0 Å². The Morgan fingerprint density at radius 3 is 2.66 bits per heavy atom. The summed E-state index contributed by atoms with van der Waals surface area (Å²) >= 11 is 0. The molecule has 9 heteroatoms. The standard InChI is InChI=1S/C23H26F3N5O/c24-23(25,26)15-8-13(9-28-21(15)27)17-11-31(18(29-17)7-12-1-2-12)22-16-10-30(20(22)19(16)22)14-3-5-32-6-4-14/h8-9,11-12,14,16,19-20H,1-7,10H2,(H2,27,28)/t16-,19-,20?,22-/m0/s1. The minimum Gasteiger partial charge on any atom is -0.383 e. The van der Waals surface area contributed by atoms with Crippen molar-refractivity contribution in [1.82, 2.24) is 19.4 Å². The van der Waals surface area contributed by atoms with Gasteiger partial charge in [-0.05, 0) is 37.7 Å². The number of aromatic nitrogens is 3. The van der Waals surface area contributed by atoms with E-state index in [0.717, 1.165) is 50.9 Å². The van der Waals surface area contributed by atoms with Crippen molar-refractivity contribution < 1.29 is 17.9 Å². The molecule has 2 bridgehead atoms. The molecule has 3 aliphatic heterocycles. The summed E-state index contributed by atoms with van der Waals surface area (Å²) in [7, 11) is 0. The summed E-state index contributed by atoms with van der Waals surface area (Å²) in [6.07, 6.45) is 4.37. The lowest BCUT2D eigenvalue weighted by Gasteiger charge is -2.31. The van der Waals surface area contributed by atoms with Gasteiger partial charge in [0.1, 0.15) is 11.6 Å². The van der Waals surface area contributed by atoms with Crippen LogP contribution in [0.4, 0.5) is 19.0 Å².